The van der Waals surface area contributed by atoms with Gasteiger partial charge in [0.2, 0.25) is 0 Å². The Balaban J connectivity index is 1.50. The zero-order valence-electron chi connectivity index (χ0n) is 18.8. The SMILES string of the molecule is CN(C)c1cccc(-c2c[nH]c(=O)c3c(Nc4ccc(N5CCOCC5)cc4)nccc23)c1. The number of pyridine rings is 2. The summed E-state index contributed by atoms with van der Waals surface area (Å²) in [5.41, 5.74) is 4.97. The van der Waals surface area contributed by atoms with Crippen molar-refractivity contribution >= 4 is 33.7 Å². The zero-order valence-corrected chi connectivity index (χ0v) is 18.8. The number of ether oxygens (including phenoxy) is 1. The van der Waals surface area contributed by atoms with Crippen LogP contribution in [0.1, 0.15) is 0 Å². The Morgan fingerprint density at radius 2 is 1.85 bits per heavy atom. The van der Waals surface area contributed by atoms with Crippen molar-refractivity contribution in [1.82, 2.24) is 9.97 Å². The highest BCUT2D eigenvalue weighted by atomic mass is 16.5. The molecule has 1 aliphatic rings. The second kappa shape index (κ2) is 8.96. The summed E-state index contributed by atoms with van der Waals surface area (Å²) in [5, 5.41) is 4.75. The van der Waals surface area contributed by atoms with Gasteiger partial charge in [0.15, 0.2) is 0 Å². The van der Waals surface area contributed by atoms with Crippen LogP contribution in [-0.2, 0) is 4.74 Å². The van der Waals surface area contributed by atoms with Gasteiger partial charge < -0.3 is 24.8 Å². The van der Waals surface area contributed by atoms with E-state index in [-0.39, 0.29) is 5.56 Å². The van der Waals surface area contributed by atoms with Crippen LogP contribution >= 0.6 is 0 Å². The van der Waals surface area contributed by atoms with Gasteiger partial charge in [-0.2, -0.15) is 0 Å². The summed E-state index contributed by atoms with van der Waals surface area (Å²) >= 11 is 0. The van der Waals surface area contributed by atoms with E-state index >= 15 is 0 Å². The van der Waals surface area contributed by atoms with Gasteiger partial charge >= 0.3 is 0 Å². The summed E-state index contributed by atoms with van der Waals surface area (Å²) < 4.78 is 5.44. The smallest absolute Gasteiger partial charge is 0.259 e. The molecule has 1 fully saturated rings. The predicted molar refractivity (Wildman–Crippen MR) is 135 cm³/mol. The molecule has 2 aromatic carbocycles. The molecule has 0 aliphatic carbocycles. The molecule has 0 unspecified atom stereocenters. The minimum Gasteiger partial charge on any atom is -0.378 e. The lowest BCUT2D eigenvalue weighted by Gasteiger charge is -2.28. The number of aromatic amines is 1. The molecule has 5 rings (SSSR count). The van der Waals surface area contributed by atoms with Crippen LogP contribution in [0.15, 0.2) is 71.8 Å². The number of rotatable bonds is 5. The molecular formula is C26H27N5O2. The number of nitrogens with zero attached hydrogens (tertiary/aromatic N) is 3. The summed E-state index contributed by atoms with van der Waals surface area (Å²) in [7, 11) is 4.03. The third-order valence-corrected chi connectivity index (χ3v) is 6.00. The van der Waals surface area contributed by atoms with Gasteiger partial charge in [0.1, 0.15) is 5.82 Å². The van der Waals surface area contributed by atoms with E-state index in [0.29, 0.717) is 11.2 Å². The van der Waals surface area contributed by atoms with Crippen LogP contribution in [0.4, 0.5) is 22.9 Å². The van der Waals surface area contributed by atoms with E-state index in [2.05, 4.69) is 55.4 Å². The Morgan fingerprint density at radius 3 is 2.61 bits per heavy atom. The second-order valence-electron chi connectivity index (χ2n) is 8.33. The monoisotopic (exact) mass is 441 g/mol. The fraction of sp³-hybridized carbons (Fsp3) is 0.231. The molecule has 168 valence electrons. The Morgan fingerprint density at radius 1 is 1.06 bits per heavy atom. The fourth-order valence-corrected chi connectivity index (χ4v) is 4.20. The van der Waals surface area contributed by atoms with Crippen LogP contribution in [0, 0.1) is 0 Å². The molecule has 1 saturated heterocycles. The number of hydrogen-bond donors (Lipinski definition) is 2. The van der Waals surface area contributed by atoms with Gasteiger partial charge in [-0.05, 0) is 48.0 Å². The van der Waals surface area contributed by atoms with Crippen molar-refractivity contribution in [3.8, 4) is 11.1 Å². The van der Waals surface area contributed by atoms with Crippen LogP contribution < -0.4 is 20.7 Å². The Kier molecular flexibility index (Phi) is 5.71. The summed E-state index contributed by atoms with van der Waals surface area (Å²) in [6.07, 6.45) is 3.52. The standard InChI is InChI=1S/C26H27N5O2/c1-30(2)21-5-3-4-18(16-21)23-17-28-26(32)24-22(23)10-11-27-25(24)29-19-6-8-20(9-7-19)31-12-14-33-15-13-31/h3-11,16-17H,12-15H2,1-2H3,(H,27,29)(H,28,32). The number of morpholine rings is 1. The molecular weight excluding hydrogens is 414 g/mol. The number of aromatic nitrogens is 2. The average Bonchev–Trinajstić information content (AvgIpc) is 2.85. The Hall–Kier alpha value is -3.84. The van der Waals surface area contributed by atoms with E-state index in [1.807, 2.05) is 38.4 Å². The van der Waals surface area contributed by atoms with E-state index in [1.54, 1.807) is 12.4 Å². The van der Waals surface area contributed by atoms with Gasteiger partial charge in [-0.1, -0.05) is 12.1 Å². The molecule has 3 heterocycles. The van der Waals surface area contributed by atoms with E-state index < -0.39 is 0 Å². The Labute approximate surface area is 192 Å². The van der Waals surface area contributed by atoms with Crippen molar-refractivity contribution < 1.29 is 4.74 Å². The first-order valence-electron chi connectivity index (χ1n) is 11.1. The molecule has 2 N–H and O–H groups in total. The summed E-state index contributed by atoms with van der Waals surface area (Å²) in [5.74, 6) is 0.540. The van der Waals surface area contributed by atoms with Gasteiger partial charge in [0.25, 0.3) is 5.56 Å². The maximum Gasteiger partial charge on any atom is 0.259 e. The topological polar surface area (TPSA) is 73.5 Å². The summed E-state index contributed by atoms with van der Waals surface area (Å²) in [6.45, 7) is 3.29. The van der Waals surface area contributed by atoms with Gasteiger partial charge in [-0.3, -0.25) is 4.79 Å². The first-order chi connectivity index (χ1) is 16.1. The first-order valence-corrected chi connectivity index (χ1v) is 11.1. The lowest BCUT2D eigenvalue weighted by Crippen LogP contribution is -2.36. The highest BCUT2D eigenvalue weighted by molar-refractivity contribution is 6.01. The number of benzene rings is 2. The molecule has 4 aromatic rings. The zero-order chi connectivity index (χ0) is 22.8. The van der Waals surface area contributed by atoms with Crippen molar-refractivity contribution in [1.29, 1.82) is 0 Å². The summed E-state index contributed by atoms with van der Waals surface area (Å²) in [6, 6.07) is 18.4. The van der Waals surface area contributed by atoms with Crippen molar-refractivity contribution in [2.45, 2.75) is 0 Å². The maximum absolute atomic E-state index is 12.8. The van der Waals surface area contributed by atoms with E-state index in [9.17, 15) is 4.79 Å². The molecule has 0 atom stereocenters. The first kappa shape index (κ1) is 21.0. The summed E-state index contributed by atoms with van der Waals surface area (Å²) in [4.78, 5) is 24.6. The number of hydrogen-bond acceptors (Lipinski definition) is 6. The highest BCUT2D eigenvalue weighted by Crippen LogP contribution is 2.31. The van der Waals surface area contributed by atoms with Crippen LogP contribution in [0.3, 0.4) is 0 Å². The van der Waals surface area contributed by atoms with Crippen LogP contribution in [0.25, 0.3) is 21.9 Å². The lowest BCUT2D eigenvalue weighted by atomic mass is 10.0. The van der Waals surface area contributed by atoms with E-state index in [0.717, 1.165) is 59.9 Å². The molecule has 1 aliphatic heterocycles. The third-order valence-electron chi connectivity index (χ3n) is 6.00. The van der Waals surface area contributed by atoms with Gasteiger partial charge in [0.05, 0.1) is 18.6 Å². The van der Waals surface area contributed by atoms with E-state index in [4.69, 9.17) is 4.74 Å². The largest absolute Gasteiger partial charge is 0.378 e. The fourth-order valence-electron chi connectivity index (χ4n) is 4.20. The molecule has 2 aromatic heterocycles. The van der Waals surface area contributed by atoms with Crippen LogP contribution in [0.5, 0.6) is 0 Å². The molecule has 0 spiro atoms. The molecule has 33 heavy (non-hydrogen) atoms. The minimum atomic E-state index is -0.168. The molecule has 0 amide bonds. The van der Waals surface area contributed by atoms with Crippen molar-refractivity contribution in [2.75, 3.05) is 55.5 Å². The Bertz CT molecular complexity index is 1320. The van der Waals surface area contributed by atoms with Crippen molar-refractivity contribution in [3.63, 3.8) is 0 Å². The van der Waals surface area contributed by atoms with Gasteiger partial charge in [0, 0.05) is 67.6 Å². The van der Waals surface area contributed by atoms with Crippen molar-refractivity contribution in [3.05, 3.63) is 77.3 Å². The normalized spacial score (nSPS) is 13.8. The molecule has 7 nitrogen and oxygen atoms in total. The molecule has 0 bridgehead atoms. The quantitative estimate of drug-likeness (QED) is 0.483. The van der Waals surface area contributed by atoms with Gasteiger partial charge in [-0.15, -0.1) is 0 Å². The number of anilines is 4. The molecule has 0 radical (unpaired) electrons. The second-order valence-corrected chi connectivity index (χ2v) is 8.33. The predicted octanol–water partition coefficient (Wildman–Crippen LogP) is 4.24. The minimum absolute atomic E-state index is 0.168. The number of fused-ring (bicyclic) bond motifs is 1. The number of H-pyrrole nitrogens is 1. The maximum atomic E-state index is 12.8. The van der Waals surface area contributed by atoms with E-state index in [1.165, 1.54) is 0 Å². The van der Waals surface area contributed by atoms with Gasteiger partial charge in [-0.25, -0.2) is 4.98 Å². The van der Waals surface area contributed by atoms with Crippen molar-refractivity contribution in [2.24, 2.45) is 0 Å². The third kappa shape index (κ3) is 4.27. The lowest BCUT2D eigenvalue weighted by molar-refractivity contribution is 0.122. The number of nitrogens with one attached hydrogen (secondary N) is 2. The van der Waals surface area contributed by atoms with Crippen LogP contribution in [-0.4, -0.2) is 50.4 Å². The van der Waals surface area contributed by atoms with Crippen LogP contribution in [0.2, 0.25) is 0 Å². The molecule has 7 heteroatoms. The highest BCUT2D eigenvalue weighted by Gasteiger charge is 2.14. The average molecular weight is 442 g/mol. The molecule has 0 saturated carbocycles.